The molecule has 3 N–H and O–H groups in total. The smallest absolute Gasteiger partial charge is 0.253 e. The van der Waals surface area contributed by atoms with E-state index in [1.807, 2.05) is 6.07 Å². The van der Waals surface area contributed by atoms with Crippen molar-refractivity contribution in [1.82, 2.24) is 9.55 Å². The molecule has 1 aromatic carbocycles. The molecule has 17 heavy (non-hydrogen) atoms. The van der Waals surface area contributed by atoms with Crippen LogP contribution in [-0.2, 0) is 0 Å². The van der Waals surface area contributed by atoms with Crippen LogP contribution in [0.2, 0.25) is 0 Å². The van der Waals surface area contributed by atoms with Gasteiger partial charge in [-0.15, -0.1) is 0 Å². The minimum Gasteiger partial charge on any atom is -0.385 e. The van der Waals surface area contributed by atoms with Crippen LogP contribution in [0, 0.1) is 16.1 Å². The molecule has 6 heteroatoms. The number of hydrogen-bond acceptors (Lipinski definition) is 4. The van der Waals surface area contributed by atoms with Gasteiger partial charge in [-0.1, -0.05) is 6.07 Å². The fourth-order valence-corrected chi connectivity index (χ4v) is 1.81. The van der Waals surface area contributed by atoms with Crippen molar-refractivity contribution in [3.8, 4) is 11.8 Å². The Balaban J connectivity index is 2.73. The fourth-order valence-electron chi connectivity index (χ4n) is 1.49. The Morgan fingerprint density at radius 2 is 2.18 bits per heavy atom. The molecule has 0 bridgehead atoms. The van der Waals surface area contributed by atoms with E-state index < -0.39 is 0 Å². The second-order valence-electron chi connectivity index (χ2n) is 3.36. The number of aromatic amines is 1. The van der Waals surface area contributed by atoms with Crippen LogP contribution >= 0.6 is 12.2 Å². The monoisotopic (exact) mass is 244 g/mol. The number of anilines is 1. The predicted molar refractivity (Wildman–Crippen MR) is 66.4 cm³/mol. The highest BCUT2D eigenvalue weighted by atomic mass is 32.1. The minimum absolute atomic E-state index is 0.199. The van der Waals surface area contributed by atoms with Crippen LogP contribution in [0.4, 0.5) is 5.82 Å². The summed E-state index contributed by atoms with van der Waals surface area (Å²) in [6.45, 7) is 0. The van der Waals surface area contributed by atoms with E-state index in [1.165, 1.54) is 10.6 Å². The van der Waals surface area contributed by atoms with Gasteiger partial charge in [-0.25, -0.2) is 0 Å². The molecular weight excluding hydrogens is 236 g/mol. The van der Waals surface area contributed by atoms with E-state index in [4.69, 9.17) is 23.2 Å². The molecule has 0 radical (unpaired) electrons. The molecule has 1 aromatic heterocycles. The molecule has 0 fully saturated rings. The number of nitriles is 1. The molecule has 2 rings (SSSR count). The first-order valence-corrected chi connectivity index (χ1v) is 5.15. The van der Waals surface area contributed by atoms with Crippen LogP contribution in [-0.4, -0.2) is 9.55 Å². The number of nitrogens with one attached hydrogen (secondary N) is 1. The van der Waals surface area contributed by atoms with E-state index in [9.17, 15) is 4.79 Å². The molecule has 2 aromatic rings. The van der Waals surface area contributed by atoms with Crippen molar-refractivity contribution in [3.05, 3.63) is 51.0 Å². The van der Waals surface area contributed by atoms with Gasteiger partial charge in [-0.05, 0) is 30.4 Å². The lowest BCUT2D eigenvalue weighted by Crippen LogP contribution is -2.15. The molecule has 0 saturated carbocycles. The topological polar surface area (TPSA) is 87.6 Å². The summed E-state index contributed by atoms with van der Waals surface area (Å²) in [4.78, 5) is 13.6. The number of hydrogen-bond donors (Lipinski definition) is 2. The van der Waals surface area contributed by atoms with Crippen molar-refractivity contribution in [2.75, 3.05) is 5.73 Å². The average molecular weight is 244 g/mol. The van der Waals surface area contributed by atoms with Crippen molar-refractivity contribution in [1.29, 1.82) is 5.26 Å². The Morgan fingerprint density at radius 1 is 1.41 bits per heavy atom. The molecule has 0 aliphatic heterocycles. The summed E-state index contributed by atoms with van der Waals surface area (Å²) in [5.74, 6) is 0.230. The number of nitrogens with two attached hydrogens (primary N) is 1. The first kappa shape index (κ1) is 11.1. The van der Waals surface area contributed by atoms with Gasteiger partial charge in [0.15, 0.2) is 4.77 Å². The zero-order valence-electron chi connectivity index (χ0n) is 8.68. The Kier molecular flexibility index (Phi) is 2.77. The number of benzene rings is 1. The maximum absolute atomic E-state index is 11.1. The Hall–Kier alpha value is -2.39. The number of nitrogens with zero attached hydrogens (tertiary/aromatic N) is 2. The van der Waals surface area contributed by atoms with Gasteiger partial charge in [0.25, 0.3) is 5.56 Å². The third-order valence-electron chi connectivity index (χ3n) is 2.20. The quantitative estimate of drug-likeness (QED) is 0.741. The summed E-state index contributed by atoms with van der Waals surface area (Å²) in [6, 6.07) is 10.1. The van der Waals surface area contributed by atoms with Crippen LogP contribution in [0.25, 0.3) is 5.69 Å². The highest BCUT2D eigenvalue weighted by molar-refractivity contribution is 7.71. The molecule has 0 atom stereocenters. The summed E-state index contributed by atoms with van der Waals surface area (Å²) in [7, 11) is 0. The van der Waals surface area contributed by atoms with Crippen molar-refractivity contribution < 1.29 is 0 Å². The zero-order valence-corrected chi connectivity index (χ0v) is 9.49. The summed E-state index contributed by atoms with van der Waals surface area (Å²) < 4.78 is 1.70. The normalized spacial score (nSPS) is 9.82. The molecule has 0 saturated heterocycles. The van der Waals surface area contributed by atoms with E-state index in [-0.39, 0.29) is 16.1 Å². The Bertz CT molecular complexity index is 723. The van der Waals surface area contributed by atoms with Crippen LogP contribution in [0.1, 0.15) is 5.56 Å². The average Bonchev–Trinajstić information content (AvgIpc) is 2.28. The molecule has 0 spiro atoms. The Labute approximate surface area is 102 Å². The van der Waals surface area contributed by atoms with Gasteiger partial charge in [-0.2, -0.15) is 5.26 Å². The van der Waals surface area contributed by atoms with E-state index >= 15 is 0 Å². The van der Waals surface area contributed by atoms with Crippen LogP contribution in [0.3, 0.4) is 0 Å². The number of aromatic nitrogens is 2. The third-order valence-corrected chi connectivity index (χ3v) is 2.49. The lowest BCUT2D eigenvalue weighted by atomic mass is 10.2. The first-order valence-electron chi connectivity index (χ1n) is 4.74. The lowest BCUT2D eigenvalue weighted by Gasteiger charge is -2.09. The highest BCUT2D eigenvalue weighted by Crippen LogP contribution is 2.13. The SMILES string of the molecule is N#Cc1cccc(-n2c(N)cc(=O)[nH]c2=S)c1. The summed E-state index contributed by atoms with van der Waals surface area (Å²) in [6.07, 6.45) is 0. The van der Waals surface area contributed by atoms with Gasteiger partial charge < -0.3 is 5.73 Å². The highest BCUT2D eigenvalue weighted by Gasteiger charge is 2.03. The summed E-state index contributed by atoms with van der Waals surface area (Å²) in [5, 5.41) is 8.82. The van der Waals surface area contributed by atoms with E-state index in [2.05, 4.69) is 4.98 Å². The standard InChI is InChI=1S/C11H8N4OS/c12-6-7-2-1-3-8(4-7)15-9(13)5-10(16)14-11(15)17/h1-5H,13H2,(H,14,16,17). The summed E-state index contributed by atoms with van der Waals surface area (Å²) in [5.41, 5.74) is 6.53. The van der Waals surface area contributed by atoms with Crippen molar-refractivity contribution in [3.63, 3.8) is 0 Å². The van der Waals surface area contributed by atoms with Crippen LogP contribution < -0.4 is 11.3 Å². The number of H-pyrrole nitrogens is 1. The summed E-state index contributed by atoms with van der Waals surface area (Å²) >= 11 is 5.03. The minimum atomic E-state index is -0.347. The predicted octanol–water partition coefficient (Wildman–Crippen LogP) is 1.35. The van der Waals surface area contributed by atoms with E-state index in [0.717, 1.165) is 0 Å². The zero-order chi connectivity index (χ0) is 12.4. The fraction of sp³-hybridized carbons (Fsp3) is 0. The Morgan fingerprint density at radius 3 is 2.82 bits per heavy atom. The molecular formula is C11H8N4OS. The van der Waals surface area contributed by atoms with Gasteiger partial charge in [0.1, 0.15) is 5.82 Å². The lowest BCUT2D eigenvalue weighted by molar-refractivity contribution is 0.950. The molecule has 0 aliphatic rings. The second-order valence-corrected chi connectivity index (χ2v) is 3.75. The maximum atomic E-state index is 11.1. The van der Waals surface area contributed by atoms with E-state index in [0.29, 0.717) is 11.3 Å². The molecule has 84 valence electrons. The molecule has 0 unspecified atom stereocenters. The van der Waals surface area contributed by atoms with Crippen molar-refractivity contribution in [2.24, 2.45) is 0 Å². The molecule has 0 aliphatic carbocycles. The van der Waals surface area contributed by atoms with Crippen LogP contribution in [0.15, 0.2) is 35.1 Å². The van der Waals surface area contributed by atoms with Gasteiger partial charge in [-0.3, -0.25) is 14.3 Å². The molecule has 0 amide bonds. The van der Waals surface area contributed by atoms with Gasteiger partial charge in [0.05, 0.1) is 17.3 Å². The van der Waals surface area contributed by atoms with Crippen molar-refractivity contribution >= 4 is 18.0 Å². The number of rotatable bonds is 1. The second kappa shape index (κ2) is 4.23. The van der Waals surface area contributed by atoms with Gasteiger partial charge in [0, 0.05) is 6.07 Å². The maximum Gasteiger partial charge on any atom is 0.253 e. The van der Waals surface area contributed by atoms with Gasteiger partial charge in [0.2, 0.25) is 0 Å². The van der Waals surface area contributed by atoms with Crippen LogP contribution in [0.5, 0.6) is 0 Å². The van der Waals surface area contributed by atoms with Crippen molar-refractivity contribution in [2.45, 2.75) is 0 Å². The number of nitrogen functional groups attached to an aromatic ring is 1. The molecule has 5 nitrogen and oxygen atoms in total. The molecule has 1 heterocycles. The largest absolute Gasteiger partial charge is 0.385 e. The van der Waals surface area contributed by atoms with Gasteiger partial charge >= 0.3 is 0 Å². The van der Waals surface area contributed by atoms with E-state index in [1.54, 1.807) is 24.3 Å². The third kappa shape index (κ3) is 2.09. The first-order chi connectivity index (χ1) is 8.11.